The van der Waals surface area contributed by atoms with Crippen molar-refractivity contribution in [3.8, 4) is 11.1 Å². The standard InChI is InChI=1S/C21H26N6O.HI/c1-22-21(24-11-12-28-2)25-13-19-5-3-4-6-20(19)18-9-7-17(8-10-18)14-27-16-23-15-26-27;/h3-10,15-16H,11-14H2,1-2H3,(H2,22,24,25);1H. The molecule has 1 heterocycles. The maximum Gasteiger partial charge on any atom is 0.191 e. The molecule has 0 bridgehead atoms. The van der Waals surface area contributed by atoms with E-state index in [0.717, 1.165) is 5.96 Å². The van der Waals surface area contributed by atoms with Gasteiger partial charge in [0, 0.05) is 27.2 Å². The first kappa shape index (κ1) is 22.8. The smallest absolute Gasteiger partial charge is 0.191 e. The number of ether oxygens (including phenoxy) is 1. The van der Waals surface area contributed by atoms with Crippen molar-refractivity contribution in [2.45, 2.75) is 13.1 Å². The molecule has 0 aliphatic rings. The van der Waals surface area contributed by atoms with Crippen molar-refractivity contribution in [3.63, 3.8) is 0 Å². The second-order valence-electron chi connectivity index (χ2n) is 6.29. The lowest BCUT2D eigenvalue weighted by Crippen LogP contribution is -2.38. The molecule has 2 aromatic carbocycles. The molecule has 0 amide bonds. The minimum atomic E-state index is 0. The normalized spacial score (nSPS) is 11.0. The molecular formula is C21H27IN6O. The molecule has 0 unspecified atom stereocenters. The van der Waals surface area contributed by atoms with E-state index in [2.05, 4.69) is 74.2 Å². The van der Waals surface area contributed by atoms with Gasteiger partial charge in [0.25, 0.3) is 0 Å². The number of nitrogens with one attached hydrogen (secondary N) is 2. The van der Waals surface area contributed by atoms with Gasteiger partial charge in [0.15, 0.2) is 5.96 Å². The average molecular weight is 506 g/mol. The zero-order valence-electron chi connectivity index (χ0n) is 16.7. The summed E-state index contributed by atoms with van der Waals surface area (Å²) >= 11 is 0. The minimum absolute atomic E-state index is 0. The molecule has 0 saturated heterocycles. The molecular weight excluding hydrogens is 479 g/mol. The Hall–Kier alpha value is -2.46. The Morgan fingerprint density at radius 1 is 1.10 bits per heavy atom. The van der Waals surface area contributed by atoms with Gasteiger partial charge in [0.1, 0.15) is 12.7 Å². The Kier molecular flexibility index (Phi) is 9.58. The largest absolute Gasteiger partial charge is 0.383 e. The maximum absolute atomic E-state index is 5.06. The minimum Gasteiger partial charge on any atom is -0.383 e. The Morgan fingerprint density at radius 3 is 2.59 bits per heavy atom. The second-order valence-corrected chi connectivity index (χ2v) is 6.29. The summed E-state index contributed by atoms with van der Waals surface area (Å²) in [6.07, 6.45) is 3.28. The SMILES string of the molecule is CN=C(NCCOC)NCc1ccccc1-c1ccc(Cn2cncn2)cc1.I. The Morgan fingerprint density at radius 2 is 1.90 bits per heavy atom. The highest BCUT2D eigenvalue weighted by atomic mass is 127. The van der Waals surface area contributed by atoms with Crippen molar-refractivity contribution in [2.75, 3.05) is 27.3 Å². The molecule has 0 aliphatic heterocycles. The summed E-state index contributed by atoms with van der Waals surface area (Å²) in [5.74, 6) is 0.759. The van der Waals surface area contributed by atoms with Crippen molar-refractivity contribution in [1.82, 2.24) is 25.4 Å². The lowest BCUT2D eigenvalue weighted by molar-refractivity contribution is 0.203. The van der Waals surface area contributed by atoms with E-state index < -0.39 is 0 Å². The van der Waals surface area contributed by atoms with Gasteiger partial charge >= 0.3 is 0 Å². The van der Waals surface area contributed by atoms with E-state index >= 15 is 0 Å². The Labute approximate surface area is 188 Å². The van der Waals surface area contributed by atoms with Gasteiger partial charge < -0.3 is 15.4 Å². The van der Waals surface area contributed by atoms with Crippen molar-refractivity contribution in [1.29, 1.82) is 0 Å². The maximum atomic E-state index is 5.06. The summed E-state index contributed by atoms with van der Waals surface area (Å²) in [5.41, 5.74) is 4.78. The summed E-state index contributed by atoms with van der Waals surface area (Å²) in [5, 5.41) is 10.7. The van der Waals surface area contributed by atoms with Gasteiger partial charge in [-0.25, -0.2) is 9.67 Å². The fraction of sp³-hybridized carbons (Fsp3) is 0.286. The molecule has 3 aromatic rings. The molecule has 8 heteroatoms. The van der Waals surface area contributed by atoms with E-state index in [1.54, 1.807) is 26.8 Å². The van der Waals surface area contributed by atoms with Crippen molar-refractivity contribution >= 4 is 29.9 Å². The van der Waals surface area contributed by atoms with E-state index in [0.29, 0.717) is 26.2 Å². The molecule has 7 nitrogen and oxygen atoms in total. The predicted molar refractivity (Wildman–Crippen MR) is 126 cm³/mol. The molecule has 29 heavy (non-hydrogen) atoms. The van der Waals surface area contributed by atoms with Crippen LogP contribution >= 0.6 is 24.0 Å². The molecule has 154 valence electrons. The van der Waals surface area contributed by atoms with Crippen molar-refractivity contribution < 1.29 is 4.74 Å². The molecule has 1 aromatic heterocycles. The van der Waals surface area contributed by atoms with E-state index in [9.17, 15) is 0 Å². The van der Waals surface area contributed by atoms with Crippen LogP contribution < -0.4 is 10.6 Å². The van der Waals surface area contributed by atoms with Crippen molar-refractivity contribution in [3.05, 3.63) is 72.3 Å². The molecule has 0 fully saturated rings. The molecule has 0 saturated carbocycles. The van der Waals surface area contributed by atoms with E-state index in [4.69, 9.17) is 4.74 Å². The first-order valence-electron chi connectivity index (χ1n) is 9.23. The topological polar surface area (TPSA) is 76.4 Å². The third-order valence-corrected chi connectivity index (χ3v) is 4.36. The lowest BCUT2D eigenvalue weighted by atomic mass is 9.98. The Balaban J connectivity index is 0.00000300. The highest BCUT2D eigenvalue weighted by Crippen LogP contribution is 2.24. The highest BCUT2D eigenvalue weighted by Gasteiger charge is 2.06. The summed E-state index contributed by atoms with van der Waals surface area (Å²) in [4.78, 5) is 8.23. The summed E-state index contributed by atoms with van der Waals surface area (Å²) < 4.78 is 6.88. The zero-order valence-corrected chi connectivity index (χ0v) is 19.0. The monoisotopic (exact) mass is 506 g/mol. The number of rotatable bonds is 8. The molecule has 0 spiro atoms. The van der Waals surface area contributed by atoms with Crippen LogP contribution in [-0.2, 0) is 17.8 Å². The lowest BCUT2D eigenvalue weighted by Gasteiger charge is -2.14. The highest BCUT2D eigenvalue weighted by molar-refractivity contribution is 14.0. The van der Waals surface area contributed by atoms with Gasteiger partial charge in [-0.05, 0) is 22.3 Å². The van der Waals surface area contributed by atoms with Crippen LogP contribution in [0.5, 0.6) is 0 Å². The number of hydrogen-bond donors (Lipinski definition) is 2. The number of aromatic nitrogens is 3. The average Bonchev–Trinajstić information content (AvgIpc) is 3.24. The van der Waals surface area contributed by atoms with Crippen molar-refractivity contribution in [2.24, 2.45) is 4.99 Å². The van der Waals surface area contributed by atoms with Crippen LogP contribution in [0.25, 0.3) is 11.1 Å². The molecule has 3 rings (SSSR count). The summed E-state index contributed by atoms with van der Waals surface area (Å²) in [6.45, 7) is 2.75. The van der Waals surface area contributed by atoms with Crippen LogP contribution in [-0.4, -0.2) is 48.0 Å². The fourth-order valence-electron chi connectivity index (χ4n) is 2.92. The number of nitrogens with zero attached hydrogens (tertiary/aromatic N) is 4. The number of guanidine groups is 1. The molecule has 0 atom stereocenters. The predicted octanol–water partition coefficient (Wildman–Crippen LogP) is 2.92. The third-order valence-electron chi connectivity index (χ3n) is 4.36. The summed E-state index contributed by atoms with van der Waals surface area (Å²) in [6, 6.07) is 17.0. The number of aliphatic imine (C=N–C) groups is 1. The molecule has 2 N–H and O–H groups in total. The van der Waals surface area contributed by atoms with Gasteiger partial charge in [0.2, 0.25) is 0 Å². The molecule has 0 radical (unpaired) electrons. The van der Waals surface area contributed by atoms with Gasteiger partial charge in [-0.3, -0.25) is 4.99 Å². The number of benzene rings is 2. The number of hydrogen-bond acceptors (Lipinski definition) is 4. The molecule has 0 aliphatic carbocycles. The van der Waals surface area contributed by atoms with Crippen LogP contribution in [0, 0.1) is 0 Å². The fourth-order valence-corrected chi connectivity index (χ4v) is 2.92. The van der Waals surface area contributed by atoms with Crippen LogP contribution in [0.15, 0.2) is 66.2 Å². The number of methoxy groups -OCH3 is 1. The zero-order chi connectivity index (χ0) is 19.6. The van der Waals surface area contributed by atoms with E-state index in [1.165, 1.54) is 22.3 Å². The second kappa shape index (κ2) is 12.2. The van der Waals surface area contributed by atoms with Crippen LogP contribution in [0.2, 0.25) is 0 Å². The first-order valence-corrected chi connectivity index (χ1v) is 9.23. The van der Waals surface area contributed by atoms with Gasteiger partial charge in [0.05, 0.1) is 13.2 Å². The van der Waals surface area contributed by atoms with Crippen LogP contribution in [0.1, 0.15) is 11.1 Å². The quantitative estimate of drug-likeness (QED) is 0.213. The van der Waals surface area contributed by atoms with Gasteiger partial charge in [-0.2, -0.15) is 5.10 Å². The van der Waals surface area contributed by atoms with Crippen LogP contribution in [0.3, 0.4) is 0 Å². The van der Waals surface area contributed by atoms with Gasteiger partial charge in [-0.1, -0.05) is 48.5 Å². The third kappa shape index (κ3) is 6.82. The first-order chi connectivity index (χ1) is 13.8. The van der Waals surface area contributed by atoms with E-state index in [1.807, 2.05) is 4.68 Å². The Bertz CT molecular complexity index is 880. The van der Waals surface area contributed by atoms with E-state index in [-0.39, 0.29) is 24.0 Å². The van der Waals surface area contributed by atoms with Crippen LogP contribution in [0.4, 0.5) is 0 Å². The van der Waals surface area contributed by atoms with Gasteiger partial charge in [-0.15, -0.1) is 24.0 Å². The summed E-state index contributed by atoms with van der Waals surface area (Å²) in [7, 11) is 3.45. The number of halogens is 1.